The smallest absolute Gasteiger partial charge is 0.308 e. The molecule has 3 nitrogen and oxygen atoms in total. The van der Waals surface area contributed by atoms with Crippen molar-refractivity contribution in [3.63, 3.8) is 0 Å². The molecule has 0 aliphatic heterocycles. The Kier molecular flexibility index (Phi) is 6.38. The molecule has 0 heterocycles. The number of carbonyl (C=O) groups excluding carboxylic acids is 1. The van der Waals surface area contributed by atoms with Gasteiger partial charge in [-0.3, -0.25) is 4.79 Å². The largest absolute Gasteiger partial charge is 0.469 e. The van der Waals surface area contributed by atoms with Gasteiger partial charge >= 0.3 is 5.97 Å². The van der Waals surface area contributed by atoms with Crippen molar-refractivity contribution in [2.45, 2.75) is 32.3 Å². The molecule has 0 aromatic heterocycles. The van der Waals surface area contributed by atoms with E-state index in [9.17, 15) is 9.90 Å². The predicted molar refractivity (Wildman–Crippen MR) is 46.7 cm³/mol. The van der Waals surface area contributed by atoms with E-state index in [-0.39, 0.29) is 12.4 Å². The number of rotatable bonds is 5. The highest BCUT2D eigenvalue weighted by molar-refractivity contribution is 5.69. The maximum Gasteiger partial charge on any atom is 0.308 e. The average Bonchev–Trinajstić information content (AvgIpc) is 2.05. The van der Waals surface area contributed by atoms with E-state index in [1.54, 1.807) is 0 Å². The molecule has 0 fully saturated rings. The van der Waals surface area contributed by atoms with Crippen LogP contribution in [0.1, 0.15) is 26.2 Å². The molecule has 70 valence electrons. The first kappa shape index (κ1) is 11.2. The highest BCUT2D eigenvalue weighted by Crippen LogP contribution is 2.00. The van der Waals surface area contributed by atoms with Crippen molar-refractivity contribution in [1.29, 1.82) is 0 Å². The average molecular weight is 172 g/mol. The van der Waals surface area contributed by atoms with Gasteiger partial charge in [-0.25, -0.2) is 0 Å². The molecule has 0 amide bonds. The van der Waals surface area contributed by atoms with Crippen LogP contribution in [-0.4, -0.2) is 24.3 Å². The lowest BCUT2D eigenvalue weighted by Gasteiger charge is -2.04. The highest BCUT2D eigenvalue weighted by atomic mass is 16.5. The second kappa shape index (κ2) is 6.85. The van der Waals surface area contributed by atoms with Gasteiger partial charge in [-0.1, -0.05) is 19.1 Å². The monoisotopic (exact) mass is 172 g/mol. The van der Waals surface area contributed by atoms with Gasteiger partial charge in [0.15, 0.2) is 0 Å². The Morgan fingerprint density at radius 3 is 2.75 bits per heavy atom. The van der Waals surface area contributed by atoms with Crippen LogP contribution in [0.25, 0.3) is 0 Å². The van der Waals surface area contributed by atoms with Crippen LogP contribution >= 0.6 is 0 Å². The number of ether oxygens (including phenoxy) is 1. The van der Waals surface area contributed by atoms with E-state index in [0.717, 1.165) is 6.42 Å². The lowest BCUT2D eigenvalue weighted by Crippen LogP contribution is -2.13. The third-order valence-corrected chi connectivity index (χ3v) is 1.44. The Hall–Kier alpha value is -0.830. The fourth-order valence-corrected chi connectivity index (χ4v) is 0.779. The Morgan fingerprint density at radius 1 is 1.58 bits per heavy atom. The van der Waals surface area contributed by atoms with Gasteiger partial charge in [-0.2, -0.15) is 0 Å². The van der Waals surface area contributed by atoms with Crippen LogP contribution in [-0.2, 0) is 9.53 Å². The van der Waals surface area contributed by atoms with Gasteiger partial charge in [-0.15, -0.1) is 0 Å². The molecule has 0 saturated carbocycles. The first-order chi connectivity index (χ1) is 5.70. The number of methoxy groups -OCH3 is 1. The highest BCUT2D eigenvalue weighted by Gasteiger charge is 2.08. The lowest BCUT2D eigenvalue weighted by molar-refractivity contribution is -0.142. The summed E-state index contributed by atoms with van der Waals surface area (Å²) in [5, 5.41) is 9.23. The number of carbonyl (C=O) groups is 1. The molecular weight excluding hydrogens is 156 g/mol. The zero-order valence-corrected chi connectivity index (χ0v) is 7.62. The molecule has 0 aliphatic rings. The second-order valence-electron chi connectivity index (χ2n) is 2.55. The predicted octanol–water partition coefficient (Wildman–Crippen LogP) is 1.27. The Bertz CT molecular complexity index is 152. The molecule has 1 N–H and O–H groups in total. The van der Waals surface area contributed by atoms with E-state index in [4.69, 9.17) is 0 Å². The third kappa shape index (κ3) is 5.92. The van der Waals surface area contributed by atoms with Gasteiger partial charge in [0.25, 0.3) is 0 Å². The quantitative estimate of drug-likeness (QED) is 0.501. The Labute approximate surface area is 73.0 Å². The fourth-order valence-electron chi connectivity index (χ4n) is 0.779. The van der Waals surface area contributed by atoms with Crippen molar-refractivity contribution in [2.24, 2.45) is 0 Å². The Morgan fingerprint density at radius 2 is 2.25 bits per heavy atom. The van der Waals surface area contributed by atoms with Gasteiger partial charge in [0.1, 0.15) is 0 Å². The molecule has 0 bridgehead atoms. The van der Waals surface area contributed by atoms with Gasteiger partial charge in [0.2, 0.25) is 0 Å². The lowest BCUT2D eigenvalue weighted by atomic mass is 10.2. The molecule has 0 aromatic carbocycles. The maximum atomic E-state index is 10.6. The zero-order valence-electron chi connectivity index (χ0n) is 7.62. The molecule has 12 heavy (non-hydrogen) atoms. The number of hydrogen-bond donors (Lipinski definition) is 1. The summed E-state index contributed by atoms with van der Waals surface area (Å²) in [5.74, 6) is -0.368. The number of aliphatic hydroxyl groups is 1. The van der Waals surface area contributed by atoms with Crippen LogP contribution in [0.3, 0.4) is 0 Å². The topological polar surface area (TPSA) is 46.5 Å². The van der Waals surface area contributed by atoms with E-state index in [1.807, 2.05) is 19.1 Å². The number of allylic oxidation sites excluding steroid dienone is 1. The molecular formula is C9H16O3. The second-order valence-corrected chi connectivity index (χ2v) is 2.55. The number of esters is 1. The van der Waals surface area contributed by atoms with E-state index in [2.05, 4.69) is 4.74 Å². The summed E-state index contributed by atoms with van der Waals surface area (Å²) in [5.41, 5.74) is 0. The molecule has 0 radical (unpaired) electrons. The minimum atomic E-state index is -0.611. The number of aliphatic hydroxyl groups excluding tert-OH is 1. The molecule has 0 spiro atoms. The van der Waals surface area contributed by atoms with Crippen molar-refractivity contribution in [1.82, 2.24) is 0 Å². The van der Waals surface area contributed by atoms with Crippen LogP contribution < -0.4 is 0 Å². The Balaban J connectivity index is 3.52. The van der Waals surface area contributed by atoms with Gasteiger partial charge in [0, 0.05) is 0 Å². The van der Waals surface area contributed by atoms with Crippen molar-refractivity contribution in [3.8, 4) is 0 Å². The summed E-state index contributed by atoms with van der Waals surface area (Å²) in [7, 11) is 1.32. The summed E-state index contributed by atoms with van der Waals surface area (Å²) >= 11 is 0. The molecule has 1 unspecified atom stereocenters. The summed E-state index contributed by atoms with van der Waals surface area (Å²) in [6.07, 6.45) is 4.76. The summed E-state index contributed by atoms with van der Waals surface area (Å²) < 4.78 is 4.40. The van der Waals surface area contributed by atoms with Gasteiger partial charge in [-0.05, 0) is 12.8 Å². The van der Waals surface area contributed by atoms with Crippen LogP contribution in [0, 0.1) is 0 Å². The van der Waals surface area contributed by atoms with E-state index >= 15 is 0 Å². The molecule has 0 aliphatic carbocycles. The van der Waals surface area contributed by atoms with Gasteiger partial charge in [0.05, 0.1) is 19.6 Å². The van der Waals surface area contributed by atoms with Crippen molar-refractivity contribution in [2.75, 3.05) is 7.11 Å². The van der Waals surface area contributed by atoms with E-state index < -0.39 is 6.10 Å². The van der Waals surface area contributed by atoms with Crippen molar-refractivity contribution >= 4 is 5.97 Å². The molecule has 0 saturated heterocycles. The van der Waals surface area contributed by atoms with Crippen LogP contribution in [0.4, 0.5) is 0 Å². The minimum absolute atomic E-state index is 0.0740. The zero-order chi connectivity index (χ0) is 9.40. The summed E-state index contributed by atoms with van der Waals surface area (Å²) in [6.45, 7) is 2.02. The summed E-state index contributed by atoms with van der Waals surface area (Å²) in [6, 6.07) is 0. The number of hydrogen-bond acceptors (Lipinski definition) is 3. The summed E-state index contributed by atoms with van der Waals surface area (Å²) in [4.78, 5) is 10.6. The molecule has 0 aromatic rings. The standard InChI is InChI=1S/C9H16O3/c1-3-4-5-6-8(10)7-9(11)12-2/h4-5,8,10H,3,6-7H2,1-2H3/b5-4+. The first-order valence-corrected chi connectivity index (χ1v) is 4.10. The fraction of sp³-hybridized carbons (Fsp3) is 0.667. The molecule has 3 heteroatoms. The van der Waals surface area contributed by atoms with Gasteiger partial charge < -0.3 is 9.84 Å². The van der Waals surface area contributed by atoms with Crippen LogP contribution in [0.2, 0.25) is 0 Å². The minimum Gasteiger partial charge on any atom is -0.469 e. The SMILES string of the molecule is CC/C=C/CC(O)CC(=O)OC. The third-order valence-electron chi connectivity index (χ3n) is 1.44. The normalized spacial score (nSPS) is 13.2. The van der Waals surface area contributed by atoms with Crippen LogP contribution in [0.5, 0.6) is 0 Å². The van der Waals surface area contributed by atoms with Crippen LogP contribution in [0.15, 0.2) is 12.2 Å². The van der Waals surface area contributed by atoms with Crippen molar-refractivity contribution in [3.05, 3.63) is 12.2 Å². The molecule has 1 atom stereocenters. The van der Waals surface area contributed by atoms with E-state index in [0.29, 0.717) is 6.42 Å². The maximum absolute atomic E-state index is 10.6. The van der Waals surface area contributed by atoms with Crippen molar-refractivity contribution < 1.29 is 14.6 Å². The first-order valence-electron chi connectivity index (χ1n) is 4.10. The van der Waals surface area contributed by atoms with E-state index in [1.165, 1.54) is 7.11 Å². The molecule has 0 rings (SSSR count).